The van der Waals surface area contributed by atoms with Gasteiger partial charge in [0.1, 0.15) is 0 Å². The van der Waals surface area contributed by atoms with Crippen molar-refractivity contribution in [2.45, 2.75) is 6.04 Å². The molecule has 1 heterocycles. The van der Waals surface area contributed by atoms with Crippen LogP contribution in [0, 0.1) is 0 Å². The minimum Gasteiger partial charge on any atom is -0.375 e. The van der Waals surface area contributed by atoms with Crippen LogP contribution in [0.1, 0.15) is 11.6 Å². The molecule has 0 amide bonds. The molecule has 1 aliphatic heterocycles. The van der Waals surface area contributed by atoms with Crippen LogP contribution in [0.4, 0.5) is 11.4 Å². The first kappa shape index (κ1) is 11.8. The molecule has 96 valence electrons. The van der Waals surface area contributed by atoms with Crippen LogP contribution in [0.15, 0.2) is 67.3 Å². The van der Waals surface area contributed by atoms with Crippen molar-refractivity contribution in [1.82, 2.24) is 0 Å². The minimum atomic E-state index is 0.330. The number of para-hydroxylation sites is 2. The molecule has 0 saturated heterocycles. The van der Waals surface area contributed by atoms with E-state index in [-0.39, 0.29) is 0 Å². The summed E-state index contributed by atoms with van der Waals surface area (Å²) < 4.78 is 0. The molecule has 2 aromatic carbocycles. The van der Waals surface area contributed by atoms with E-state index in [1.165, 1.54) is 16.9 Å². The summed E-state index contributed by atoms with van der Waals surface area (Å²) in [5.74, 6) is 0. The van der Waals surface area contributed by atoms with Gasteiger partial charge in [0, 0.05) is 13.1 Å². The molecule has 2 heteroatoms. The van der Waals surface area contributed by atoms with E-state index in [1.807, 2.05) is 6.08 Å². The van der Waals surface area contributed by atoms with E-state index in [0.717, 1.165) is 13.1 Å². The van der Waals surface area contributed by atoms with Crippen LogP contribution < -0.4 is 10.2 Å². The maximum Gasteiger partial charge on any atom is 0.0689 e. The average Bonchev–Trinajstić information content (AvgIpc) is 2.48. The second-order valence-electron chi connectivity index (χ2n) is 4.82. The first-order valence-electron chi connectivity index (χ1n) is 6.65. The lowest BCUT2D eigenvalue weighted by atomic mass is 10.0. The molecular formula is C17H18N2. The number of fused-ring (bicyclic) bond motifs is 1. The highest BCUT2D eigenvalue weighted by Gasteiger charge is 2.23. The van der Waals surface area contributed by atoms with E-state index in [0.29, 0.717) is 6.04 Å². The Morgan fingerprint density at radius 1 is 1.11 bits per heavy atom. The molecule has 2 nitrogen and oxygen atoms in total. The van der Waals surface area contributed by atoms with Gasteiger partial charge < -0.3 is 10.2 Å². The van der Waals surface area contributed by atoms with E-state index in [9.17, 15) is 0 Å². The molecule has 1 unspecified atom stereocenters. The van der Waals surface area contributed by atoms with Crippen molar-refractivity contribution in [3.8, 4) is 0 Å². The first-order valence-corrected chi connectivity index (χ1v) is 6.65. The molecule has 1 N–H and O–H groups in total. The third-order valence-electron chi connectivity index (χ3n) is 3.53. The number of hydrogen-bond donors (Lipinski definition) is 1. The predicted molar refractivity (Wildman–Crippen MR) is 81.7 cm³/mol. The van der Waals surface area contributed by atoms with E-state index < -0.39 is 0 Å². The lowest BCUT2D eigenvalue weighted by molar-refractivity contribution is 0.706. The largest absolute Gasteiger partial charge is 0.375 e. The molecular weight excluding hydrogens is 232 g/mol. The molecule has 0 saturated carbocycles. The van der Waals surface area contributed by atoms with Crippen LogP contribution in [0.5, 0.6) is 0 Å². The SMILES string of the molecule is C=CCN1CC(c2ccccc2)Nc2ccccc21. The van der Waals surface area contributed by atoms with Crippen LogP contribution >= 0.6 is 0 Å². The molecule has 19 heavy (non-hydrogen) atoms. The highest BCUT2D eigenvalue weighted by atomic mass is 15.2. The fourth-order valence-corrected chi connectivity index (χ4v) is 2.63. The van der Waals surface area contributed by atoms with Crippen LogP contribution in [0.2, 0.25) is 0 Å². The zero-order valence-electron chi connectivity index (χ0n) is 10.9. The maximum absolute atomic E-state index is 3.86. The van der Waals surface area contributed by atoms with Gasteiger partial charge in [0.25, 0.3) is 0 Å². The van der Waals surface area contributed by atoms with Gasteiger partial charge in [-0.3, -0.25) is 0 Å². The zero-order chi connectivity index (χ0) is 13.1. The summed E-state index contributed by atoms with van der Waals surface area (Å²) in [6.07, 6.45) is 1.96. The van der Waals surface area contributed by atoms with E-state index >= 15 is 0 Å². The fourth-order valence-electron chi connectivity index (χ4n) is 2.63. The summed E-state index contributed by atoms with van der Waals surface area (Å²) in [5.41, 5.74) is 3.78. The van der Waals surface area contributed by atoms with Gasteiger partial charge >= 0.3 is 0 Å². The monoisotopic (exact) mass is 250 g/mol. The van der Waals surface area contributed by atoms with Crippen LogP contribution in [0.3, 0.4) is 0 Å². The number of nitrogens with zero attached hydrogens (tertiary/aromatic N) is 1. The normalized spacial score (nSPS) is 17.5. The van der Waals surface area contributed by atoms with Gasteiger partial charge in [-0.25, -0.2) is 0 Å². The highest BCUT2D eigenvalue weighted by Crippen LogP contribution is 2.35. The lowest BCUT2D eigenvalue weighted by Crippen LogP contribution is -2.36. The standard InChI is InChI=1S/C17H18N2/c1-2-12-19-13-16(14-8-4-3-5-9-14)18-15-10-6-7-11-17(15)19/h2-11,16,18H,1,12-13H2. The van der Waals surface area contributed by atoms with Crippen LogP contribution in [0.25, 0.3) is 0 Å². The number of anilines is 2. The van der Waals surface area contributed by atoms with Crippen molar-refractivity contribution in [3.05, 3.63) is 72.8 Å². The number of nitrogens with one attached hydrogen (secondary N) is 1. The van der Waals surface area contributed by atoms with Crippen molar-refractivity contribution in [2.24, 2.45) is 0 Å². The maximum atomic E-state index is 3.86. The molecule has 0 aromatic heterocycles. The Labute approximate surface area is 114 Å². The number of rotatable bonds is 3. The summed E-state index contributed by atoms with van der Waals surface area (Å²) >= 11 is 0. The van der Waals surface area contributed by atoms with Gasteiger partial charge in [0.05, 0.1) is 17.4 Å². The minimum absolute atomic E-state index is 0.330. The summed E-state index contributed by atoms with van der Waals surface area (Å²) in [6, 6.07) is 19.4. The van der Waals surface area contributed by atoms with Gasteiger partial charge in [-0.15, -0.1) is 6.58 Å². The molecule has 2 aromatic rings. The van der Waals surface area contributed by atoms with Crippen LogP contribution in [-0.2, 0) is 0 Å². The third-order valence-corrected chi connectivity index (χ3v) is 3.53. The summed E-state index contributed by atoms with van der Waals surface area (Å²) in [4.78, 5) is 2.37. The molecule has 3 rings (SSSR count). The number of benzene rings is 2. The van der Waals surface area contributed by atoms with Crippen LogP contribution in [-0.4, -0.2) is 13.1 Å². The zero-order valence-corrected chi connectivity index (χ0v) is 10.9. The van der Waals surface area contributed by atoms with Crippen molar-refractivity contribution in [2.75, 3.05) is 23.3 Å². The molecule has 1 atom stereocenters. The molecule has 0 spiro atoms. The topological polar surface area (TPSA) is 15.3 Å². The average molecular weight is 250 g/mol. The Hall–Kier alpha value is -2.22. The second kappa shape index (κ2) is 5.19. The van der Waals surface area contributed by atoms with Gasteiger partial charge in [0.15, 0.2) is 0 Å². The van der Waals surface area contributed by atoms with Gasteiger partial charge in [-0.2, -0.15) is 0 Å². The van der Waals surface area contributed by atoms with E-state index in [4.69, 9.17) is 0 Å². The quantitative estimate of drug-likeness (QED) is 0.832. The van der Waals surface area contributed by atoms with Gasteiger partial charge in [-0.05, 0) is 17.7 Å². The molecule has 1 aliphatic rings. The van der Waals surface area contributed by atoms with Gasteiger partial charge in [0.2, 0.25) is 0 Å². The van der Waals surface area contributed by atoms with Crippen molar-refractivity contribution >= 4 is 11.4 Å². The van der Waals surface area contributed by atoms with E-state index in [2.05, 4.69) is 71.4 Å². The highest BCUT2D eigenvalue weighted by molar-refractivity contribution is 5.73. The molecule has 0 aliphatic carbocycles. The van der Waals surface area contributed by atoms with Crippen molar-refractivity contribution in [3.63, 3.8) is 0 Å². The molecule has 0 fully saturated rings. The Bertz CT molecular complexity index is 562. The summed E-state index contributed by atoms with van der Waals surface area (Å²) in [6.45, 7) is 5.71. The third kappa shape index (κ3) is 2.34. The van der Waals surface area contributed by atoms with Crippen molar-refractivity contribution < 1.29 is 0 Å². The van der Waals surface area contributed by atoms with Crippen molar-refractivity contribution in [1.29, 1.82) is 0 Å². The van der Waals surface area contributed by atoms with Gasteiger partial charge in [-0.1, -0.05) is 48.5 Å². The predicted octanol–water partition coefficient (Wildman–Crippen LogP) is 3.85. The summed E-state index contributed by atoms with van der Waals surface area (Å²) in [5, 5.41) is 3.63. The molecule has 0 bridgehead atoms. The smallest absolute Gasteiger partial charge is 0.0689 e. The molecule has 0 radical (unpaired) electrons. The Kier molecular flexibility index (Phi) is 3.23. The lowest BCUT2D eigenvalue weighted by Gasteiger charge is -2.37. The van der Waals surface area contributed by atoms with E-state index in [1.54, 1.807) is 0 Å². The first-order chi connectivity index (χ1) is 9.38. The fraction of sp³-hybridized carbons (Fsp3) is 0.176. The second-order valence-corrected chi connectivity index (χ2v) is 4.82. The Balaban J connectivity index is 1.94. The Morgan fingerprint density at radius 3 is 2.63 bits per heavy atom. The number of hydrogen-bond acceptors (Lipinski definition) is 2. The Morgan fingerprint density at radius 2 is 1.84 bits per heavy atom. The summed E-state index contributed by atoms with van der Waals surface area (Å²) in [7, 11) is 0.